The molecule has 2 aromatic rings. The van der Waals surface area contributed by atoms with Gasteiger partial charge in [-0.25, -0.2) is 0 Å². The van der Waals surface area contributed by atoms with Gasteiger partial charge in [-0.1, -0.05) is 23.8 Å². The fraction of sp³-hybridized carbons (Fsp3) is 0.235. The van der Waals surface area contributed by atoms with Gasteiger partial charge in [-0.3, -0.25) is 4.79 Å². The molecule has 0 radical (unpaired) electrons. The van der Waals surface area contributed by atoms with Crippen molar-refractivity contribution in [3.63, 3.8) is 0 Å². The van der Waals surface area contributed by atoms with Crippen molar-refractivity contribution in [2.75, 3.05) is 11.9 Å². The van der Waals surface area contributed by atoms with E-state index in [1.54, 1.807) is 6.07 Å². The van der Waals surface area contributed by atoms with Crippen LogP contribution in [-0.2, 0) is 11.4 Å². The highest BCUT2D eigenvalue weighted by Gasteiger charge is 2.16. The Labute approximate surface area is 123 Å². The summed E-state index contributed by atoms with van der Waals surface area (Å²) in [5.41, 5.74) is 4.26. The molecule has 108 valence electrons. The molecule has 21 heavy (non-hydrogen) atoms. The largest absolute Gasteiger partial charge is 0.489 e. The second-order valence-electron chi connectivity index (χ2n) is 5.21. The third-order valence-corrected chi connectivity index (χ3v) is 3.48. The van der Waals surface area contributed by atoms with E-state index in [9.17, 15) is 4.79 Å². The first-order chi connectivity index (χ1) is 10.1. The number of hydrogen-bond acceptors (Lipinski definition) is 3. The Bertz CT molecular complexity index is 694. The first-order valence-corrected chi connectivity index (χ1v) is 6.87. The van der Waals surface area contributed by atoms with E-state index in [-0.39, 0.29) is 12.5 Å². The number of rotatable bonds is 3. The Hall–Kier alpha value is -2.49. The topological polar surface area (TPSA) is 47.6 Å². The highest BCUT2D eigenvalue weighted by atomic mass is 16.5. The van der Waals surface area contributed by atoms with E-state index >= 15 is 0 Å². The van der Waals surface area contributed by atoms with Crippen molar-refractivity contribution in [2.45, 2.75) is 20.5 Å². The molecule has 0 atom stereocenters. The monoisotopic (exact) mass is 283 g/mol. The molecule has 1 aliphatic rings. The van der Waals surface area contributed by atoms with E-state index in [2.05, 4.69) is 37.4 Å². The van der Waals surface area contributed by atoms with Crippen LogP contribution < -0.4 is 14.8 Å². The number of nitrogens with one attached hydrogen (secondary N) is 1. The van der Waals surface area contributed by atoms with Crippen LogP contribution in [0.2, 0.25) is 0 Å². The van der Waals surface area contributed by atoms with Gasteiger partial charge in [0.2, 0.25) is 0 Å². The highest BCUT2D eigenvalue weighted by molar-refractivity contribution is 5.95. The van der Waals surface area contributed by atoms with Crippen molar-refractivity contribution in [1.82, 2.24) is 0 Å². The lowest BCUT2D eigenvalue weighted by Crippen LogP contribution is -2.25. The summed E-state index contributed by atoms with van der Waals surface area (Å²) in [6, 6.07) is 11.7. The van der Waals surface area contributed by atoms with Crippen molar-refractivity contribution in [3.8, 4) is 11.5 Å². The van der Waals surface area contributed by atoms with E-state index in [0.29, 0.717) is 23.8 Å². The lowest BCUT2D eigenvalue weighted by atomic mass is 10.1. The molecule has 1 heterocycles. The van der Waals surface area contributed by atoms with Crippen LogP contribution in [-0.4, -0.2) is 12.5 Å². The summed E-state index contributed by atoms with van der Waals surface area (Å²) < 4.78 is 11.1. The number of amides is 1. The van der Waals surface area contributed by atoms with E-state index < -0.39 is 0 Å². The van der Waals surface area contributed by atoms with Crippen LogP contribution in [0.25, 0.3) is 0 Å². The summed E-state index contributed by atoms with van der Waals surface area (Å²) >= 11 is 0. The number of benzene rings is 2. The Morgan fingerprint density at radius 1 is 1.19 bits per heavy atom. The van der Waals surface area contributed by atoms with Gasteiger partial charge < -0.3 is 14.8 Å². The van der Waals surface area contributed by atoms with Gasteiger partial charge in [0, 0.05) is 6.07 Å². The maximum absolute atomic E-state index is 11.3. The van der Waals surface area contributed by atoms with E-state index in [1.807, 2.05) is 12.1 Å². The Morgan fingerprint density at radius 2 is 2.05 bits per heavy atom. The van der Waals surface area contributed by atoms with Gasteiger partial charge >= 0.3 is 0 Å². The third kappa shape index (κ3) is 2.99. The molecule has 1 aliphatic heterocycles. The molecular formula is C17H17NO3. The van der Waals surface area contributed by atoms with Gasteiger partial charge in [-0.2, -0.15) is 0 Å². The van der Waals surface area contributed by atoms with E-state index in [0.717, 1.165) is 5.56 Å². The number of aryl methyl sites for hydroxylation is 2. The lowest BCUT2D eigenvalue weighted by molar-refractivity contribution is -0.118. The zero-order valence-corrected chi connectivity index (χ0v) is 12.1. The minimum atomic E-state index is -0.144. The first kappa shape index (κ1) is 13.5. The summed E-state index contributed by atoms with van der Waals surface area (Å²) in [6.07, 6.45) is 0. The van der Waals surface area contributed by atoms with Crippen LogP contribution in [0.15, 0.2) is 36.4 Å². The smallest absolute Gasteiger partial charge is 0.262 e. The second kappa shape index (κ2) is 5.48. The summed E-state index contributed by atoms with van der Waals surface area (Å²) in [4.78, 5) is 11.3. The molecule has 3 rings (SSSR count). The predicted octanol–water partition coefficient (Wildman–Crippen LogP) is 3.21. The summed E-state index contributed by atoms with van der Waals surface area (Å²) in [6.45, 7) is 4.71. The lowest BCUT2D eigenvalue weighted by Gasteiger charge is -2.18. The van der Waals surface area contributed by atoms with Crippen molar-refractivity contribution >= 4 is 11.6 Å². The summed E-state index contributed by atoms with van der Waals surface area (Å²) in [7, 11) is 0. The van der Waals surface area contributed by atoms with Crippen LogP contribution in [0, 0.1) is 13.8 Å². The molecule has 0 saturated heterocycles. The van der Waals surface area contributed by atoms with Crippen molar-refractivity contribution in [1.29, 1.82) is 0 Å². The molecule has 4 heteroatoms. The van der Waals surface area contributed by atoms with Gasteiger partial charge in [-0.15, -0.1) is 0 Å². The number of carbonyl (C=O) groups excluding carboxylic acids is 1. The SMILES string of the molecule is Cc1ccc(COc2ccc3c(c2)NC(=O)CO3)c(C)c1. The number of carbonyl (C=O) groups is 1. The summed E-state index contributed by atoms with van der Waals surface area (Å²) in [5.74, 6) is 1.24. The van der Waals surface area contributed by atoms with Gasteiger partial charge in [0.15, 0.2) is 6.61 Å². The number of hydrogen-bond donors (Lipinski definition) is 1. The molecule has 0 fully saturated rings. The second-order valence-corrected chi connectivity index (χ2v) is 5.21. The van der Waals surface area contributed by atoms with Gasteiger partial charge in [-0.05, 0) is 37.1 Å². The quantitative estimate of drug-likeness (QED) is 0.941. The summed E-state index contributed by atoms with van der Waals surface area (Å²) in [5, 5.41) is 2.77. The predicted molar refractivity (Wildman–Crippen MR) is 80.8 cm³/mol. The standard InChI is InChI=1S/C17H17NO3/c1-11-3-4-13(12(2)7-11)9-20-14-5-6-16-15(8-14)18-17(19)10-21-16/h3-8H,9-10H2,1-2H3,(H,18,19). The van der Waals surface area contributed by atoms with Crippen molar-refractivity contribution in [3.05, 3.63) is 53.1 Å². The molecule has 4 nitrogen and oxygen atoms in total. The van der Waals surface area contributed by atoms with Crippen molar-refractivity contribution < 1.29 is 14.3 Å². The fourth-order valence-electron chi connectivity index (χ4n) is 2.32. The first-order valence-electron chi connectivity index (χ1n) is 6.87. The average Bonchev–Trinajstić information content (AvgIpc) is 2.46. The average molecular weight is 283 g/mol. The normalized spacial score (nSPS) is 13.1. The Balaban J connectivity index is 1.73. The number of fused-ring (bicyclic) bond motifs is 1. The van der Waals surface area contributed by atoms with Crippen LogP contribution >= 0.6 is 0 Å². The Morgan fingerprint density at radius 3 is 2.86 bits per heavy atom. The highest BCUT2D eigenvalue weighted by Crippen LogP contribution is 2.31. The van der Waals surface area contributed by atoms with Crippen LogP contribution in [0.4, 0.5) is 5.69 Å². The minimum Gasteiger partial charge on any atom is -0.489 e. The molecular weight excluding hydrogens is 266 g/mol. The molecule has 1 amide bonds. The zero-order valence-electron chi connectivity index (χ0n) is 12.1. The molecule has 0 aliphatic carbocycles. The van der Waals surface area contributed by atoms with Gasteiger partial charge in [0.1, 0.15) is 18.1 Å². The van der Waals surface area contributed by atoms with Crippen LogP contribution in [0.3, 0.4) is 0 Å². The maximum Gasteiger partial charge on any atom is 0.262 e. The molecule has 0 spiro atoms. The molecule has 0 aromatic heterocycles. The molecule has 2 aromatic carbocycles. The zero-order chi connectivity index (χ0) is 14.8. The fourth-order valence-corrected chi connectivity index (χ4v) is 2.32. The van der Waals surface area contributed by atoms with Crippen LogP contribution in [0.5, 0.6) is 11.5 Å². The van der Waals surface area contributed by atoms with Gasteiger partial charge in [0.05, 0.1) is 5.69 Å². The van der Waals surface area contributed by atoms with Crippen molar-refractivity contribution in [2.24, 2.45) is 0 Å². The number of ether oxygens (including phenoxy) is 2. The minimum absolute atomic E-state index is 0.0652. The molecule has 0 bridgehead atoms. The molecule has 0 unspecified atom stereocenters. The van der Waals surface area contributed by atoms with E-state index in [1.165, 1.54) is 11.1 Å². The maximum atomic E-state index is 11.3. The third-order valence-electron chi connectivity index (χ3n) is 3.48. The molecule has 0 saturated carbocycles. The molecule has 1 N–H and O–H groups in total. The van der Waals surface area contributed by atoms with Crippen LogP contribution in [0.1, 0.15) is 16.7 Å². The van der Waals surface area contributed by atoms with Gasteiger partial charge in [0.25, 0.3) is 5.91 Å². The number of anilines is 1. The Kier molecular flexibility index (Phi) is 3.52. The van der Waals surface area contributed by atoms with E-state index in [4.69, 9.17) is 9.47 Å².